The number of fused-ring (bicyclic) bond motifs is 1. The molecule has 0 spiro atoms. The molecule has 1 aromatic heterocycles. The molecule has 3 aromatic rings. The van der Waals surface area contributed by atoms with E-state index in [1.807, 2.05) is 0 Å². The number of aromatic nitrogens is 3. The lowest BCUT2D eigenvalue weighted by atomic mass is 10.2. The van der Waals surface area contributed by atoms with Gasteiger partial charge in [-0.2, -0.15) is 17.9 Å². The predicted molar refractivity (Wildman–Crippen MR) is 93.6 cm³/mol. The minimum absolute atomic E-state index is 0.106. The summed E-state index contributed by atoms with van der Waals surface area (Å²) in [5.41, 5.74) is -1.34. The summed E-state index contributed by atoms with van der Waals surface area (Å²) in [6.07, 6.45) is -4.66. The monoisotopic (exact) mass is 396 g/mol. The molecule has 2 aromatic carbocycles. The molecular weight excluding hydrogens is 385 g/mol. The van der Waals surface area contributed by atoms with E-state index in [1.165, 1.54) is 13.0 Å². The lowest BCUT2D eigenvalue weighted by Crippen LogP contribution is -2.34. The quantitative estimate of drug-likeness (QED) is 0.733. The van der Waals surface area contributed by atoms with Gasteiger partial charge in [-0.25, -0.2) is 0 Å². The average Bonchev–Trinajstić information content (AvgIpc) is 2.62. The molecule has 1 atom stereocenters. The van der Waals surface area contributed by atoms with Crippen LogP contribution in [-0.4, -0.2) is 20.9 Å². The van der Waals surface area contributed by atoms with E-state index in [2.05, 4.69) is 15.6 Å². The highest BCUT2D eigenvalue weighted by Gasteiger charge is 2.33. The topological polar surface area (TPSA) is 76.9 Å². The van der Waals surface area contributed by atoms with Crippen LogP contribution in [0, 0.1) is 0 Å². The molecule has 6 nitrogen and oxygen atoms in total. The third kappa shape index (κ3) is 3.77. The molecule has 140 valence electrons. The van der Waals surface area contributed by atoms with E-state index in [9.17, 15) is 22.8 Å². The van der Waals surface area contributed by atoms with Gasteiger partial charge in [0.15, 0.2) is 0 Å². The van der Waals surface area contributed by atoms with Crippen LogP contribution in [0.1, 0.15) is 18.5 Å². The highest BCUT2D eigenvalue weighted by atomic mass is 35.5. The minimum Gasteiger partial charge on any atom is -0.324 e. The number of nitrogens with zero attached hydrogens (tertiary/aromatic N) is 3. The van der Waals surface area contributed by atoms with Crippen LogP contribution in [0.3, 0.4) is 0 Å². The number of alkyl halides is 3. The molecule has 0 saturated carbocycles. The van der Waals surface area contributed by atoms with Crippen LogP contribution in [0.2, 0.25) is 5.02 Å². The van der Waals surface area contributed by atoms with Gasteiger partial charge in [-0.1, -0.05) is 28.9 Å². The van der Waals surface area contributed by atoms with Gasteiger partial charge in [0.25, 0.3) is 5.56 Å². The van der Waals surface area contributed by atoms with E-state index >= 15 is 0 Å². The summed E-state index contributed by atoms with van der Waals surface area (Å²) in [6, 6.07) is 8.38. The van der Waals surface area contributed by atoms with Gasteiger partial charge in [0.1, 0.15) is 11.6 Å². The SMILES string of the molecule is CC(C(=O)Nc1ccc(Cl)c(C(F)(F)F)c1)n1nnc2ccccc2c1=O. The van der Waals surface area contributed by atoms with Crippen molar-refractivity contribution in [2.75, 3.05) is 5.32 Å². The van der Waals surface area contributed by atoms with Gasteiger partial charge in [0, 0.05) is 5.69 Å². The van der Waals surface area contributed by atoms with Crippen LogP contribution < -0.4 is 10.9 Å². The van der Waals surface area contributed by atoms with E-state index in [0.717, 1.165) is 16.8 Å². The number of hydrogen-bond donors (Lipinski definition) is 1. The zero-order valence-corrected chi connectivity index (χ0v) is 14.5. The summed E-state index contributed by atoms with van der Waals surface area (Å²) in [6.45, 7) is 1.39. The molecule has 1 unspecified atom stereocenters. The van der Waals surface area contributed by atoms with Gasteiger partial charge >= 0.3 is 6.18 Å². The van der Waals surface area contributed by atoms with Gasteiger partial charge in [-0.05, 0) is 37.3 Å². The summed E-state index contributed by atoms with van der Waals surface area (Å²) in [4.78, 5) is 24.9. The van der Waals surface area contributed by atoms with E-state index in [4.69, 9.17) is 11.6 Å². The Hall–Kier alpha value is -2.94. The number of rotatable bonds is 3. The predicted octanol–water partition coefficient (Wildman–Crippen LogP) is 3.66. The number of carbonyl (C=O) groups is 1. The second-order valence-corrected chi connectivity index (χ2v) is 6.12. The number of benzene rings is 2. The molecule has 0 radical (unpaired) electrons. The van der Waals surface area contributed by atoms with Crippen molar-refractivity contribution in [3.63, 3.8) is 0 Å². The zero-order valence-electron chi connectivity index (χ0n) is 13.8. The molecular formula is C17H12ClF3N4O2. The van der Waals surface area contributed by atoms with E-state index in [0.29, 0.717) is 5.52 Å². The number of nitrogens with one attached hydrogen (secondary N) is 1. The van der Waals surface area contributed by atoms with Crippen molar-refractivity contribution in [3.8, 4) is 0 Å². The maximum absolute atomic E-state index is 12.9. The van der Waals surface area contributed by atoms with Gasteiger partial charge in [0.2, 0.25) is 5.91 Å². The molecule has 0 fully saturated rings. The number of halogens is 4. The van der Waals surface area contributed by atoms with Gasteiger partial charge in [-0.15, -0.1) is 5.10 Å². The molecule has 0 saturated heterocycles. The lowest BCUT2D eigenvalue weighted by Gasteiger charge is -2.15. The van der Waals surface area contributed by atoms with Crippen molar-refractivity contribution in [1.29, 1.82) is 0 Å². The fraction of sp³-hybridized carbons (Fsp3) is 0.176. The Bertz CT molecular complexity index is 1080. The molecule has 0 aliphatic carbocycles. The number of hydrogen-bond acceptors (Lipinski definition) is 4. The summed E-state index contributed by atoms with van der Waals surface area (Å²) < 4.78 is 39.7. The van der Waals surface area contributed by atoms with Gasteiger partial charge in [0.05, 0.1) is 16.0 Å². The third-order valence-electron chi connectivity index (χ3n) is 3.88. The largest absolute Gasteiger partial charge is 0.417 e. The van der Waals surface area contributed by atoms with Crippen LogP contribution in [0.15, 0.2) is 47.3 Å². The molecule has 0 bridgehead atoms. The van der Waals surface area contributed by atoms with Crippen molar-refractivity contribution in [2.24, 2.45) is 0 Å². The fourth-order valence-corrected chi connectivity index (χ4v) is 2.66. The lowest BCUT2D eigenvalue weighted by molar-refractivity contribution is -0.137. The number of carbonyl (C=O) groups excluding carboxylic acids is 1. The van der Waals surface area contributed by atoms with Crippen LogP contribution in [0.5, 0.6) is 0 Å². The maximum atomic E-state index is 12.9. The molecule has 10 heteroatoms. The minimum atomic E-state index is -4.66. The fourth-order valence-electron chi connectivity index (χ4n) is 2.43. The standard InChI is InChI=1S/C17H12ClF3N4O2/c1-9(25-16(27)11-4-2-3-5-14(11)23-24-25)15(26)22-10-6-7-13(18)12(8-10)17(19,20)21/h2-9H,1H3,(H,22,26). The first-order valence-electron chi connectivity index (χ1n) is 7.70. The zero-order chi connectivity index (χ0) is 19.8. The number of amides is 1. The van der Waals surface area contributed by atoms with Crippen molar-refractivity contribution < 1.29 is 18.0 Å². The molecule has 3 rings (SSSR count). The molecule has 27 heavy (non-hydrogen) atoms. The van der Waals surface area contributed by atoms with Crippen molar-refractivity contribution in [1.82, 2.24) is 15.0 Å². The molecule has 0 aliphatic heterocycles. The Balaban J connectivity index is 1.89. The highest BCUT2D eigenvalue weighted by Crippen LogP contribution is 2.36. The van der Waals surface area contributed by atoms with E-state index in [1.54, 1.807) is 24.3 Å². The van der Waals surface area contributed by atoms with Crippen molar-refractivity contribution >= 4 is 34.1 Å². The molecule has 0 aliphatic rings. The Morgan fingerprint density at radius 2 is 1.93 bits per heavy atom. The summed E-state index contributed by atoms with van der Waals surface area (Å²) in [5.74, 6) is -0.725. The molecule has 1 N–H and O–H groups in total. The average molecular weight is 397 g/mol. The van der Waals surface area contributed by atoms with E-state index in [-0.39, 0.29) is 11.1 Å². The second kappa shape index (κ2) is 6.99. The number of anilines is 1. The second-order valence-electron chi connectivity index (χ2n) is 5.71. The molecule has 1 amide bonds. The summed E-state index contributed by atoms with van der Waals surface area (Å²) >= 11 is 5.56. The Labute approximate surface area is 155 Å². The maximum Gasteiger partial charge on any atom is 0.417 e. The Kier molecular flexibility index (Phi) is 4.88. The Morgan fingerprint density at radius 3 is 2.63 bits per heavy atom. The van der Waals surface area contributed by atoms with Crippen LogP contribution in [-0.2, 0) is 11.0 Å². The van der Waals surface area contributed by atoms with Gasteiger partial charge in [-0.3, -0.25) is 9.59 Å². The first kappa shape index (κ1) is 18.8. The highest BCUT2D eigenvalue weighted by molar-refractivity contribution is 6.31. The van der Waals surface area contributed by atoms with Gasteiger partial charge < -0.3 is 5.32 Å². The van der Waals surface area contributed by atoms with Crippen LogP contribution in [0.25, 0.3) is 10.9 Å². The van der Waals surface area contributed by atoms with Crippen LogP contribution >= 0.6 is 11.6 Å². The third-order valence-corrected chi connectivity index (χ3v) is 4.21. The summed E-state index contributed by atoms with van der Waals surface area (Å²) in [5, 5.41) is 9.73. The van der Waals surface area contributed by atoms with Crippen molar-refractivity contribution in [2.45, 2.75) is 19.1 Å². The van der Waals surface area contributed by atoms with E-state index < -0.39 is 34.3 Å². The molecule has 1 heterocycles. The normalized spacial score (nSPS) is 12.8. The smallest absolute Gasteiger partial charge is 0.324 e. The van der Waals surface area contributed by atoms with Crippen LogP contribution in [0.4, 0.5) is 18.9 Å². The first-order chi connectivity index (χ1) is 12.7. The first-order valence-corrected chi connectivity index (χ1v) is 8.08. The summed E-state index contributed by atoms with van der Waals surface area (Å²) in [7, 11) is 0. The van der Waals surface area contributed by atoms with Crippen molar-refractivity contribution in [3.05, 3.63) is 63.4 Å². The Morgan fingerprint density at radius 1 is 1.22 bits per heavy atom.